The molecule has 1 heterocycles. The van der Waals surface area contributed by atoms with Gasteiger partial charge in [-0.15, -0.1) is 0 Å². The molecular formula is C13H22O5. The molecule has 5 nitrogen and oxygen atoms in total. The van der Waals surface area contributed by atoms with Crippen molar-refractivity contribution in [3.63, 3.8) is 0 Å². The van der Waals surface area contributed by atoms with E-state index in [2.05, 4.69) is 0 Å². The van der Waals surface area contributed by atoms with Crippen molar-refractivity contribution < 1.29 is 23.8 Å². The molecule has 0 aliphatic carbocycles. The molecule has 0 unspecified atom stereocenters. The average molecular weight is 258 g/mol. The molecule has 1 atom stereocenters. The Balaban J connectivity index is 2.11. The zero-order valence-electron chi connectivity index (χ0n) is 11.4. The second kappa shape index (κ2) is 6.85. The predicted molar refractivity (Wildman–Crippen MR) is 65.2 cm³/mol. The molecule has 1 aliphatic rings. The maximum atomic E-state index is 11.5. The molecule has 0 saturated carbocycles. The van der Waals surface area contributed by atoms with Gasteiger partial charge in [0.2, 0.25) is 0 Å². The van der Waals surface area contributed by atoms with Crippen molar-refractivity contribution in [2.75, 3.05) is 26.4 Å². The molecule has 5 heteroatoms. The van der Waals surface area contributed by atoms with Gasteiger partial charge in [0.25, 0.3) is 0 Å². The van der Waals surface area contributed by atoms with Crippen molar-refractivity contribution in [3.8, 4) is 0 Å². The van der Waals surface area contributed by atoms with Crippen molar-refractivity contribution in [2.45, 2.75) is 39.2 Å². The van der Waals surface area contributed by atoms with Gasteiger partial charge in [-0.25, -0.2) is 0 Å². The van der Waals surface area contributed by atoms with Gasteiger partial charge in [0, 0.05) is 12.5 Å². The van der Waals surface area contributed by atoms with Gasteiger partial charge in [0.1, 0.15) is 18.6 Å². The van der Waals surface area contributed by atoms with E-state index in [4.69, 9.17) is 14.2 Å². The molecule has 0 aromatic rings. The molecule has 1 aliphatic heterocycles. The predicted octanol–water partition coefficient (Wildman–Crippen LogP) is 1.34. The van der Waals surface area contributed by atoms with E-state index in [1.165, 1.54) is 0 Å². The van der Waals surface area contributed by atoms with Crippen LogP contribution < -0.4 is 0 Å². The average Bonchev–Trinajstić information content (AvgIpc) is 2.66. The number of ether oxygens (including phenoxy) is 3. The molecule has 1 fully saturated rings. The summed E-state index contributed by atoms with van der Waals surface area (Å²) in [4.78, 5) is 22.8. The smallest absolute Gasteiger partial charge is 0.313 e. The lowest BCUT2D eigenvalue weighted by atomic mass is 10.1. The summed E-state index contributed by atoms with van der Waals surface area (Å²) < 4.78 is 15.5. The van der Waals surface area contributed by atoms with Crippen molar-refractivity contribution >= 4 is 11.8 Å². The van der Waals surface area contributed by atoms with Gasteiger partial charge in [0.15, 0.2) is 5.78 Å². The molecule has 0 spiro atoms. The minimum atomic E-state index is -0.556. The summed E-state index contributed by atoms with van der Waals surface area (Å²) in [5, 5.41) is 0. The van der Waals surface area contributed by atoms with Gasteiger partial charge in [-0.05, 0) is 27.2 Å². The van der Waals surface area contributed by atoms with Crippen molar-refractivity contribution in [3.05, 3.63) is 0 Å². The van der Waals surface area contributed by atoms with E-state index in [1.54, 1.807) is 20.8 Å². The summed E-state index contributed by atoms with van der Waals surface area (Å²) in [6.45, 7) is 7.25. The van der Waals surface area contributed by atoms with Crippen molar-refractivity contribution in [2.24, 2.45) is 5.92 Å². The fourth-order valence-electron chi connectivity index (χ4n) is 1.64. The highest BCUT2D eigenvalue weighted by molar-refractivity contribution is 5.96. The minimum Gasteiger partial charge on any atom is -0.460 e. The largest absolute Gasteiger partial charge is 0.460 e. The first kappa shape index (κ1) is 15.1. The Morgan fingerprint density at radius 3 is 2.61 bits per heavy atom. The second-order valence-corrected chi connectivity index (χ2v) is 5.55. The van der Waals surface area contributed by atoms with Crippen LogP contribution in [-0.4, -0.2) is 43.8 Å². The fraction of sp³-hybridized carbons (Fsp3) is 0.846. The van der Waals surface area contributed by atoms with Gasteiger partial charge in [-0.3, -0.25) is 9.59 Å². The molecule has 0 N–H and O–H groups in total. The van der Waals surface area contributed by atoms with Gasteiger partial charge in [0.05, 0.1) is 13.2 Å². The Hall–Kier alpha value is -0.940. The summed E-state index contributed by atoms with van der Waals surface area (Å²) in [5.41, 5.74) is -0.556. The number of esters is 1. The van der Waals surface area contributed by atoms with Crippen LogP contribution in [-0.2, 0) is 23.8 Å². The van der Waals surface area contributed by atoms with E-state index in [0.29, 0.717) is 19.1 Å². The maximum Gasteiger partial charge on any atom is 0.313 e. The van der Waals surface area contributed by atoms with Crippen LogP contribution in [0.1, 0.15) is 33.6 Å². The minimum absolute atomic E-state index is 0.0320. The first-order valence-electron chi connectivity index (χ1n) is 6.26. The zero-order valence-corrected chi connectivity index (χ0v) is 11.4. The van der Waals surface area contributed by atoms with Gasteiger partial charge >= 0.3 is 5.97 Å². The number of carbonyl (C=O) groups is 2. The Morgan fingerprint density at radius 2 is 2.06 bits per heavy atom. The first-order valence-corrected chi connectivity index (χ1v) is 6.26. The molecule has 0 amide bonds. The monoisotopic (exact) mass is 258 g/mol. The Kier molecular flexibility index (Phi) is 5.75. The third kappa shape index (κ3) is 6.71. The SMILES string of the molecule is CC(C)(C)OC(=O)CC(=O)COC[C@@H]1CCOC1. The van der Waals surface area contributed by atoms with Crippen LogP contribution in [0.5, 0.6) is 0 Å². The highest BCUT2D eigenvalue weighted by Crippen LogP contribution is 2.12. The molecular weight excluding hydrogens is 236 g/mol. The van der Waals surface area contributed by atoms with E-state index < -0.39 is 11.6 Å². The number of hydrogen-bond donors (Lipinski definition) is 0. The molecule has 0 radical (unpaired) electrons. The topological polar surface area (TPSA) is 61.8 Å². The summed E-state index contributed by atoms with van der Waals surface area (Å²) in [6, 6.07) is 0. The Labute approximate surface area is 108 Å². The molecule has 1 rings (SSSR count). The fourth-order valence-corrected chi connectivity index (χ4v) is 1.64. The number of Topliss-reactive ketones (excluding diaryl/α,β-unsaturated/α-hetero) is 1. The number of rotatable bonds is 6. The van der Waals surface area contributed by atoms with E-state index >= 15 is 0 Å². The third-order valence-electron chi connectivity index (χ3n) is 2.40. The van der Waals surface area contributed by atoms with Gasteiger partial charge < -0.3 is 14.2 Å². The van der Waals surface area contributed by atoms with Crippen LogP contribution in [0, 0.1) is 5.92 Å². The standard InChI is InChI=1S/C13H22O5/c1-13(2,3)18-12(15)6-11(14)9-17-8-10-4-5-16-7-10/h10H,4-9H2,1-3H3/t10-/m1/s1. The van der Waals surface area contributed by atoms with Crippen LogP contribution in [0.3, 0.4) is 0 Å². The van der Waals surface area contributed by atoms with Crippen molar-refractivity contribution in [1.29, 1.82) is 0 Å². The van der Waals surface area contributed by atoms with Crippen LogP contribution in [0.2, 0.25) is 0 Å². The normalized spacial score (nSPS) is 19.8. The third-order valence-corrected chi connectivity index (χ3v) is 2.40. The van der Waals surface area contributed by atoms with Crippen LogP contribution >= 0.6 is 0 Å². The van der Waals surface area contributed by atoms with E-state index in [0.717, 1.165) is 13.0 Å². The highest BCUT2D eigenvalue weighted by atomic mass is 16.6. The van der Waals surface area contributed by atoms with Crippen LogP contribution in [0.25, 0.3) is 0 Å². The summed E-state index contributed by atoms with van der Waals surface area (Å²) >= 11 is 0. The van der Waals surface area contributed by atoms with Crippen molar-refractivity contribution in [1.82, 2.24) is 0 Å². The maximum absolute atomic E-state index is 11.5. The van der Waals surface area contributed by atoms with E-state index in [9.17, 15) is 9.59 Å². The van der Waals surface area contributed by atoms with Gasteiger partial charge in [-0.2, -0.15) is 0 Å². The van der Waals surface area contributed by atoms with Crippen LogP contribution in [0.15, 0.2) is 0 Å². The summed E-state index contributed by atoms with van der Waals surface area (Å²) in [5.74, 6) is -0.372. The quantitative estimate of drug-likeness (QED) is 0.531. The number of carbonyl (C=O) groups excluding carboxylic acids is 2. The number of ketones is 1. The van der Waals surface area contributed by atoms with Crippen LogP contribution in [0.4, 0.5) is 0 Å². The van der Waals surface area contributed by atoms with E-state index in [1.807, 2.05) is 0 Å². The highest BCUT2D eigenvalue weighted by Gasteiger charge is 2.20. The summed E-state index contributed by atoms with van der Waals surface area (Å²) in [7, 11) is 0. The lowest BCUT2D eigenvalue weighted by molar-refractivity contribution is -0.156. The molecule has 1 saturated heterocycles. The first-order chi connectivity index (χ1) is 8.37. The Bertz CT molecular complexity index is 286. The lowest BCUT2D eigenvalue weighted by Gasteiger charge is -2.19. The zero-order chi connectivity index (χ0) is 13.6. The van der Waals surface area contributed by atoms with E-state index in [-0.39, 0.29) is 18.8 Å². The summed E-state index contributed by atoms with van der Waals surface area (Å²) in [6.07, 6.45) is 0.749. The molecule has 0 aromatic heterocycles. The lowest BCUT2D eigenvalue weighted by Crippen LogP contribution is -2.26. The second-order valence-electron chi connectivity index (χ2n) is 5.55. The molecule has 0 bridgehead atoms. The number of hydrogen-bond acceptors (Lipinski definition) is 5. The molecule has 0 aromatic carbocycles. The molecule has 18 heavy (non-hydrogen) atoms. The Morgan fingerprint density at radius 1 is 1.33 bits per heavy atom. The molecule has 104 valence electrons. The van der Waals surface area contributed by atoms with Gasteiger partial charge in [-0.1, -0.05) is 0 Å².